The second-order valence-corrected chi connectivity index (χ2v) is 7.54. The summed E-state index contributed by atoms with van der Waals surface area (Å²) in [6.45, 7) is 3.41. The van der Waals surface area contributed by atoms with Gasteiger partial charge in [-0.15, -0.1) is 0 Å². The number of amides is 1. The number of carbonyl (C=O) groups is 1. The Bertz CT molecular complexity index is 1100. The number of aryl methyl sites for hydroxylation is 1. The van der Waals surface area contributed by atoms with Crippen molar-refractivity contribution in [2.75, 3.05) is 13.1 Å². The fourth-order valence-electron chi connectivity index (χ4n) is 4.15. The molecule has 1 atom stereocenters. The Kier molecular flexibility index (Phi) is 3.63. The number of aromatic nitrogens is 4. The highest BCUT2D eigenvalue weighted by atomic mass is 16.2. The van der Waals surface area contributed by atoms with Crippen molar-refractivity contribution in [1.29, 1.82) is 0 Å². The van der Waals surface area contributed by atoms with Gasteiger partial charge in [0.15, 0.2) is 5.69 Å². The summed E-state index contributed by atoms with van der Waals surface area (Å²) in [7, 11) is 0. The second-order valence-electron chi connectivity index (χ2n) is 7.54. The van der Waals surface area contributed by atoms with Crippen LogP contribution >= 0.6 is 0 Å². The molecule has 1 saturated carbocycles. The molecule has 1 aliphatic carbocycles. The molecule has 3 aromatic rings. The van der Waals surface area contributed by atoms with E-state index in [1.807, 2.05) is 17.2 Å². The van der Waals surface area contributed by atoms with Crippen molar-refractivity contribution in [3.63, 3.8) is 0 Å². The SMILES string of the molecule is Cc1cnc(C2CC2)n1C1CCN(C(=O)c2n[nH]c(=O)c3ccccc23)C1. The van der Waals surface area contributed by atoms with Gasteiger partial charge in [-0.05, 0) is 32.3 Å². The predicted molar refractivity (Wildman–Crippen MR) is 101 cm³/mol. The van der Waals surface area contributed by atoms with E-state index < -0.39 is 0 Å². The summed E-state index contributed by atoms with van der Waals surface area (Å²) < 4.78 is 2.32. The fourth-order valence-corrected chi connectivity index (χ4v) is 4.15. The summed E-state index contributed by atoms with van der Waals surface area (Å²) in [5.74, 6) is 1.61. The number of benzene rings is 1. The maximum atomic E-state index is 13.1. The van der Waals surface area contributed by atoms with Gasteiger partial charge >= 0.3 is 0 Å². The molecule has 0 bridgehead atoms. The molecule has 1 N–H and O–H groups in total. The number of hydrogen-bond acceptors (Lipinski definition) is 4. The smallest absolute Gasteiger partial charge is 0.275 e. The molecule has 0 spiro atoms. The van der Waals surface area contributed by atoms with Gasteiger partial charge in [0.05, 0.1) is 11.4 Å². The summed E-state index contributed by atoms with van der Waals surface area (Å²) in [6.07, 6.45) is 5.26. The van der Waals surface area contributed by atoms with Crippen LogP contribution in [0.5, 0.6) is 0 Å². The molecular weight excluding hydrogens is 342 g/mol. The molecule has 0 radical (unpaired) electrons. The van der Waals surface area contributed by atoms with Crippen molar-refractivity contribution in [3.8, 4) is 0 Å². The Balaban J connectivity index is 1.44. The zero-order chi connectivity index (χ0) is 18.5. The second kappa shape index (κ2) is 6.04. The van der Waals surface area contributed by atoms with Crippen LogP contribution in [-0.4, -0.2) is 43.6 Å². The van der Waals surface area contributed by atoms with Gasteiger partial charge in [-0.1, -0.05) is 18.2 Å². The molecule has 1 aliphatic heterocycles. The standard InChI is InChI=1S/C20H21N5O2/c1-12-10-21-18(13-6-7-13)25(12)14-8-9-24(11-14)20(27)17-15-4-2-3-5-16(15)19(26)23-22-17/h2-5,10,13-14H,6-9,11H2,1H3,(H,23,26). The molecule has 1 amide bonds. The number of H-pyrrole nitrogens is 1. The molecule has 1 saturated heterocycles. The molecule has 7 nitrogen and oxygen atoms in total. The Morgan fingerprint density at radius 1 is 1.19 bits per heavy atom. The maximum absolute atomic E-state index is 13.1. The van der Waals surface area contributed by atoms with Crippen molar-refractivity contribution in [1.82, 2.24) is 24.6 Å². The minimum absolute atomic E-state index is 0.129. The molecule has 2 aromatic heterocycles. The lowest BCUT2D eigenvalue weighted by Gasteiger charge is -2.19. The number of likely N-dealkylation sites (tertiary alicyclic amines) is 1. The highest BCUT2D eigenvalue weighted by molar-refractivity contribution is 6.04. The molecule has 7 heteroatoms. The lowest BCUT2D eigenvalue weighted by Crippen LogP contribution is -2.31. The normalized spacial score (nSPS) is 19.7. The third-order valence-corrected chi connectivity index (χ3v) is 5.67. The lowest BCUT2D eigenvalue weighted by molar-refractivity contribution is 0.0782. The number of nitrogens with zero attached hydrogens (tertiary/aromatic N) is 4. The van der Waals surface area contributed by atoms with E-state index in [1.54, 1.807) is 18.2 Å². The zero-order valence-electron chi connectivity index (χ0n) is 15.2. The van der Waals surface area contributed by atoms with Crippen molar-refractivity contribution in [2.24, 2.45) is 0 Å². The summed E-state index contributed by atoms with van der Waals surface area (Å²) in [4.78, 5) is 31.5. The summed E-state index contributed by atoms with van der Waals surface area (Å²) >= 11 is 0. The number of aromatic amines is 1. The fraction of sp³-hybridized carbons (Fsp3) is 0.400. The van der Waals surface area contributed by atoms with Crippen LogP contribution in [0.1, 0.15) is 53.2 Å². The Morgan fingerprint density at radius 2 is 1.96 bits per heavy atom. The number of carbonyl (C=O) groups excluding carboxylic acids is 1. The highest BCUT2D eigenvalue weighted by Crippen LogP contribution is 2.41. The van der Waals surface area contributed by atoms with Gasteiger partial charge in [-0.3, -0.25) is 9.59 Å². The van der Waals surface area contributed by atoms with E-state index in [2.05, 4.69) is 26.7 Å². The molecular formula is C20H21N5O2. The monoisotopic (exact) mass is 363 g/mol. The largest absolute Gasteiger partial charge is 0.335 e. The van der Waals surface area contributed by atoms with Crippen LogP contribution in [0.15, 0.2) is 35.3 Å². The average Bonchev–Trinajstić information content (AvgIpc) is 3.28. The molecule has 2 fully saturated rings. The molecule has 2 aliphatic rings. The lowest BCUT2D eigenvalue weighted by atomic mass is 10.1. The Hall–Kier alpha value is -2.96. The van der Waals surface area contributed by atoms with E-state index >= 15 is 0 Å². The van der Waals surface area contributed by atoms with Crippen LogP contribution < -0.4 is 5.56 Å². The summed E-state index contributed by atoms with van der Waals surface area (Å²) in [5, 5.41) is 7.62. The number of fused-ring (bicyclic) bond motifs is 1. The first-order valence-corrected chi connectivity index (χ1v) is 9.44. The third-order valence-electron chi connectivity index (χ3n) is 5.67. The number of hydrogen-bond donors (Lipinski definition) is 1. The highest BCUT2D eigenvalue weighted by Gasteiger charge is 2.35. The predicted octanol–water partition coefficient (Wildman–Crippen LogP) is 2.39. The molecule has 5 rings (SSSR count). The van der Waals surface area contributed by atoms with Crippen molar-refractivity contribution < 1.29 is 4.79 Å². The maximum Gasteiger partial charge on any atom is 0.275 e. The van der Waals surface area contributed by atoms with Crippen LogP contribution in [0.25, 0.3) is 10.8 Å². The molecule has 1 unspecified atom stereocenters. The van der Waals surface area contributed by atoms with E-state index in [9.17, 15) is 9.59 Å². The van der Waals surface area contributed by atoms with Crippen LogP contribution in [0.2, 0.25) is 0 Å². The van der Waals surface area contributed by atoms with Crippen LogP contribution in [-0.2, 0) is 0 Å². The topological polar surface area (TPSA) is 83.9 Å². The van der Waals surface area contributed by atoms with Crippen LogP contribution in [0, 0.1) is 6.92 Å². The van der Waals surface area contributed by atoms with E-state index in [1.165, 1.54) is 18.7 Å². The van der Waals surface area contributed by atoms with Crippen LogP contribution in [0.3, 0.4) is 0 Å². The molecule has 3 heterocycles. The first-order valence-electron chi connectivity index (χ1n) is 9.44. The zero-order valence-corrected chi connectivity index (χ0v) is 15.2. The van der Waals surface area contributed by atoms with Gasteiger partial charge in [0.1, 0.15) is 5.82 Å². The van der Waals surface area contributed by atoms with Gasteiger partial charge in [0.2, 0.25) is 0 Å². The number of nitrogens with one attached hydrogen (secondary N) is 1. The molecule has 27 heavy (non-hydrogen) atoms. The minimum Gasteiger partial charge on any atom is -0.335 e. The van der Waals surface area contributed by atoms with Gasteiger partial charge in [-0.25, -0.2) is 10.1 Å². The quantitative estimate of drug-likeness (QED) is 0.774. The third kappa shape index (κ3) is 2.65. The number of imidazole rings is 1. The van der Waals surface area contributed by atoms with E-state index in [0.29, 0.717) is 35.5 Å². The van der Waals surface area contributed by atoms with E-state index in [-0.39, 0.29) is 17.5 Å². The van der Waals surface area contributed by atoms with Crippen molar-refractivity contribution >= 4 is 16.7 Å². The molecule has 138 valence electrons. The minimum atomic E-state index is -0.274. The average molecular weight is 363 g/mol. The van der Waals surface area contributed by atoms with Crippen molar-refractivity contribution in [3.05, 3.63) is 58.0 Å². The number of rotatable bonds is 3. The van der Waals surface area contributed by atoms with Gasteiger partial charge in [-0.2, -0.15) is 5.10 Å². The van der Waals surface area contributed by atoms with E-state index in [0.717, 1.165) is 12.1 Å². The van der Waals surface area contributed by atoms with Gasteiger partial charge in [0.25, 0.3) is 11.5 Å². The van der Waals surface area contributed by atoms with Gasteiger partial charge in [0, 0.05) is 36.3 Å². The van der Waals surface area contributed by atoms with Crippen molar-refractivity contribution in [2.45, 2.75) is 38.1 Å². The van der Waals surface area contributed by atoms with Crippen LogP contribution in [0.4, 0.5) is 0 Å². The first kappa shape index (κ1) is 16.2. The Morgan fingerprint density at radius 3 is 2.74 bits per heavy atom. The Labute approximate surface area is 156 Å². The van der Waals surface area contributed by atoms with Gasteiger partial charge < -0.3 is 9.47 Å². The summed E-state index contributed by atoms with van der Waals surface area (Å²) in [6, 6.07) is 7.36. The first-order chi connectivity index (χ1) is 13.1. The van der Waals surface area contributed by atoms with E-state index in [4.69, 9.17) is 0 Å². The summed E-state index contributed by atoms with van der Waals surface area (Å²) in [5.41, 5.74) is 1.20. The molecule has 1 aromatic carbocycles.